The zero-order chi connectivity index (χ0) is 20.0. The SMILES string of the molecule is Cc1ccc(NC(=O)/C(C#N)=C\c2ccc(O[C@@H](C)C(=O)O)cc2)cc1C. The number of nitrogens with zero attached hydrogens (tertiary/aromatic N) is 1. The predicted molar refractivity (Wildman–Crippen MR) is 102 cm³/mol. The van der Waals surface area contributed by atoms with Crippen LogP contribution in [-0.2, 0) is 9.59 Å². The molecule has 0 spiro atoms. The molecule has 0 heterocycles. The number of hydrogen-bond donors (Lipinski definition) is 2. The van der Waals surface area contributed by atoms with Crippen LogP contribution in [0.1, 0.15) is 23.6 Å². The summed E-state index contributed by atoms with van der Waals surface area (Å²) in [4.78, 5) is 23.1. The number of ether oxygens (including phenoxy) is 1. The van der Waals surface area contributed by atoms with Crippen LogP contribution in [0, 0.1) is 25.2 Å². The monoisotopic (exact) mass is 364 g/mol. The molecule has 0 aromatic heterocycles. The molecule has 0 aliphatic carbocycles. The summed E-state index contributed by atoms with van der Waals surface area (Å²) in [6, 6.07) is 13.9. The maximum atomic E-state index is 12.3. The van der Waals surface area contributed by atoms with Crippen LogP contribution in [-0.4, -0.2) is 23.1 Å². The Hall–Kier alpha value is -3.59. The van der Waals surface area contributed by atoms with E-state index in [1.165, 1.54) is 13.0 Å². The minimum Gasteiger partial charge on any atom is -0.479 e. The first-order valence-corrected chi connectivity index (χ1v) is 8.30. The highest BCUT2D eigenvalue weighted by Crippen LogP contribution is 2.18. The van der Waals surface area contributed by atoms with E-state index in [2.05, 4.69) is 5.32 Å². The van der Waals surface area contributed by atoms with Gasteiger partial charge in [-0.25, -0.2) is 4.79 Å². The van der Waals surface area contributed by atoms with Crippen LogP contribution < -0.4 is 10.1 Å². The summed E-state index contributed by atoms with van der Waals surface area (Å²) in [5, 5.41) is 20.9. The quantitative estimate of drug-likeness (QED) is 0.601. The summed E-state index contributed by atoms with van der Waals surface area (Å²) in [7, 11) is 0. The van der Waals surface area contributed by atoms with Crippen LogP contribution in [0.3, 0.4) is 0 Å². The molecule has 2 rings (SSSR count). The fourth-order valence-electron chi connectivity index (χ4n) is 2.23. The number of aliphatic carboxylic acids is 1. The Morgan fingerprint density at radius 2 is 1.81 bits per heavy atom. The summed E-state index contributed by atoms with van der Waals surface area (Å²) in [6.45, 7) is 5.36. The molecule has 0 aliphatic heterocycles. The lowest BCUT2D eigenvalue weighted by Crippen LogP contribution is -2.22. The molecule has 0 fully saturated rings. The molecule has 138 valence electrons. The third-order valence-electron chi connectivity index (χ3n) is 3.98. The van der Waals surface area contributed by atoms with Crippen molar-refractivity contribution >= 4 is 23.6 Å². The highest BCUT2D eigenvalue weighted by Gasteiger charge is 2.13. The first-order chi connectivity index (χ1) is 12.8. The number of anilines is 1. The maximum absolute atomic E-state index is 12.3. The van der Waals surface area contributed by atoms with Crippen molar-refractivity contribution in [2.75, 3.05) is 5.32 Å². The standard InChI is InChI=1S/C21H20N2O4/c1-13-4-7-18(10-14(13)2)23-20(24)17(12-22)11-16-5-8-19(9-6-16)27-15(3)21(25)26/h4-11,15H,1-3H3,(H,23,24)(H,25,26)/b17-11-/t15-/m0/s1. The molecule has 0 radical (unpaired) electrons. The fraction of sp³-hybridized carbons (Fsp3) is 0.190. The predicted octanol–water partition coefficient (Wildman–Crippen LogP) is 3.70. The van der Waals surface area contributed by atoms with E-state index in [-0.39, 0.29) is 5.57 Å². The summed E-state index contributed by atoms with van der Waals surface area (Å²) in [5.41, 5.74) is 3.36. The number of hydrogen-bond acceptors (Lipinski definition) is 4. The van der Waals surface area contributed by atoms with Gasteiger partial charge in [0, 0.05) is 5.69 Å². The van der Waals surface area contributed by atoms with Gasteiger partial charge in [-0.05, 0) is 67.8 Å². The summed E-state index contributed by atoms with van der Waals surface area (Å²) in [5.74, 6) is -1.17. The van der Waals surface area contributed by atoms with Gasteiger partial charge in [0.2, 0.25) is 0 Å². The minimum atomic E-state index is -1.06. The van der Waals surface area contributed by atoms with Crippen LogP contribution in [0.4, 0.5) is 5.69 Å². The van der Waals surface area contributed by atoms with Gasteiger partial charge in [0.15, 0.2) is 6.10 Å². The lowest BCUT2D eigenvalue weighted by atomic mass is 10.1. The van der Waals surface area contributed by atoms with Crippen LogP contribution in [0.25, 0.3) is 6.08 Å². The van der Waals surface area contributed by atoms with Crippen molar-refractivity contribution in [3.05, 3.63) is 64.7 Å². The van der Waals surface area contributed by atoms with E-state index >= 15 is 0 Å². The number of amides is 1. The van der Waals surface area contributed by atoms with E-state index < -0.39 is 18.0 Å². The average molecular weight is 364 g/mol. The Morgan fingerprint density at radius 1 is 1.15 bits per heavy atom. The van der Waals surface area contributed by atoms with Gasteiger partial charge >= 0.3 is 5.97 Å². The van der Waals surface area contributed by atoms with Gasteiger partial charge in [-0.3, -0.25) is 4.79 Å². The van der Waals surface area contributed by atoms with Gasteiger partial charge in [-0.1, -0.05) is 18.2 Å². The second-order valence-corrected chi connectivity index (χ2v) is 6.09. The number of carbonyl (C=O) groups excluding carboxylic acids is 1. The van der Waals surface area contributed by atoms with E-state index in [9.17, 15) is 14.9 Å². The molecule has 0 unspecified atom stereocenters. The first-order valence-electron chi connectivity index (χ1n) is 8.30. The summed E-state index contributed by atoms with van der Waals surface area (Å²) in [6.07, 6.45) is 0.491. The molecule has 27 heavy (non-hydrogen) atoms. The van der Waals surface area contributed by atoms with Crippen molar-refractivity contribution in [2.45, 2.75) is 26.9 Å². The maximum Gasteiger partial charge on any atom is 0.344 e. The molecule has 0 bridgehead atoms. The molecule has 0 aliphatic rings. The summed E-state index contributed by atoms with van der Waals surface area (Å²) < 4.78 is 5.24. The number of benzene rings is 2. The Bertz CT molecular complexity index is 924. The lowest BCUT2D eigenvalue weighted by Gasteiger charge is -2.10. The van der Waals surface area contributed by atoms with Crippen molar-refractivity contribution in [2.24, 2.45) is 0 Å². The molecule has 1 amide bonds. The number of carboxylic acids is 1. The Kier molecular flexibility index (Phi) is 6.34. The fourth-order valence-corrected chi connectivity index (χ4v) is 2.23. The van der Waals surface area contributed by atoms with Crippen molar-refractivity contribution in [1.29, 1.82) is 5.26 Å². The minimum absolute atomic E-state index is 0.0409. The van der Waals surface area contributed by atoms with Crippen LogP contribution in [0.2, 0.25) is 0 Å². The number of nitriles is 1. The van der Waals surface area contributed by atoms with Crippen molar-refractivity contribution in [1.82, 2.24) is 0 Å². The van der Waals surface area contributed by atoms with Crippen molar-refractivity contribution < 1.29 is 19.4 Å². The highest BCUT2D eigenvalue weighted by molar-refractivity contribution is 6.09. The van der Waals surface area contributed by atoms with Crippen molar-refractivity contribution in [3.63, 3.8) is 0 Å². The molecule has 2 aromatic rings. The Morgan fingerprint density at radius 3 is 2.37 bits per heavy atom. The van der Waals surface area contributed by atoms with Crippen LogP contribution in [0.5, 0.6) is 5.75 Å². The van der Waals surface area contributed by atoms with E-state index in [0.29, 0.717) is 17.0 Å². The molecule has 0 saturated carbocycles. The number of aryl methyl sites for hydroxylation is 2. The Labute approximate surface area is 157 Å². The zero-order valence-corrected chi connectivity index (χ0v) is 15.3. The largest absolute Gasteiger partial charge is 0.479 e. The third kappa shape index (κ3) is 5.44. The number of nitrogens with one attached hydrogen (secondary N) is 1. The van der Waals surface area contributed by atoms with Gasteiger partial charge in [0.05, 0.1) is 0 Å². The van der Waals surface area contributed by atoms with E-state index in [0.717, 1.165) is 11.1 Å². The molecule has 2 N–H and O–H groups in total. The summed E-state index contributed by atoms with van der Waals surface area (Å²) >= 11 is 0. The third-order valence-corrected chi connectivity index (χ3v) is 3.98. The number of carboxylic acid groups (broad SMARTS) is 1. The first kappa shape index (κ1) is 19.7. The molecule has 1 atom stereocenters. The molecule has 6 nitrogen and oxygen atoms in total. The second kappa shape index (κ2) is 8.68. The number of carbonyl (C=O) groups is 2. The molecule has 2 aromatic carbocycles. The van der Waals surface area contributed by atoms with Gasteiger partial charge in [-0.2, -0.15) is 5.26 Å². The highest BCUT2D eigenvalue weighted by atomic mass is 16.5. The molecule has 0 saturated heterocycles. The van der Waals surface area contributed by atoms with Crippen LogP contribution >= 0.6 is 0 Å². The smallest absolute Gasteiger partial charge is 0.344 e. The molecular formula is C21H20N2O4. The van der Waals surface area contributed by atoms with E-state index in [1.807, 2.05) is 32.0 Å². The molecule has 6 heteroatoms. The topological polar surface area (TPSA) is 99.4 Å². The normalized spacial score (nSPS) is 12.0. The van der Waals surface area contributed by atoms with Crippen LogP contribution in [0.15, 0.2) is 48.0 Å². The second-order valence-electron chi connectivity index (χ2n) is 6.09. The average Bonchev–Trinajstić information content (AvgIpc) is 2.63. The van der Waals surface area contributed by atoms with Gasteiger partial charge < -0.3 is 15.2 Å². The molecular weight excluding hydrogens is 344 g/mol. The van der Waals surface area contributed by atoms with E-state index in [4.69, 9.17) is 9.84 Å². The van der Waals surface area contributed by atoms with Crippen molar-refractivity contribution in [3.8, 4) is 11.8 Å². The number of rotatable bonds is 6. The van der Waals surface area contributed by atoms with Gasteiger partial charge in [-0.15, -0.1) is 0 Å². The van der Waals surface area contributed by atoms with E-state index in [1.54, 1.807) is 30.3 Å². The van der Waals surface area contributed by atoms with Gasteiger partial charge in [0.1, 0.15) is 17.4 Å². The Balaban J connectivity index is 2.12. The van der Waals surface area contributed by atoms with Gasteiger partial charge in [0.25, 0.3) is 5.91 Å². The lowest BCUT2D eigenvalue weighted by molar-refractivity contribution is -0.144. The zero-order valence-electron chi connectivity index (χ0n) is 15.3.